The smallest absolute Gasteiger partial charge is 0.271 e. The number of halogens is 2. The van der Waals surface area contributed by atoms with E-state index in [1.807, 2.05) is 6.92 Å². The van der Waals surface area contributed by atoms with Gasteiger partial charge in [0.05, 0.1) is 0 Å². The molecule has 5 heteroatoms. The molecule has 0 amide bonds. The van der Waals surface area contributed by atoms with Gasteiger partial charge in [-0.1, -0.05) is 6.92 Å². The van der Waals surface area contributed by atoms with Crippen LogP contribution in [0.3, 0.4) is 0 Å². The Morgan fingerprint density at radius 2 is 2.12 bits per heavy atom. The quantitative estimate of drug-likeness (QED) is 0.669. The zero-order chi connectivity index (χ0) is 6.62. The van der Waals surface area contributed by atoms with E-state index in [0.29, 0.717) is 6.54 Å². The van der Waals surface area contributed by atoms with E-state index in [2.05, 4.69) is 5.09 Å². The molecule has 0 saturated heterocycles. The lowest BCUT2D eigenvalue weighted by molar-refractivity contribution is 0.584. The summed E-state index contributed by atoms with van der Waals surface area (Å²) >= 11 is 10.2. The zero-order valence-electron chi connectivity index (χ0n) is 4.53. The van der Waals surface area contributed by atoms with E-state index in [-0.39, 0.29) is 0 Å². The molecule has 0 aromatic rings. The summed E-state index contributed by atoms with van der Waals surface area (Å²) in [7, 11) is 0. The average Bonchev–Trinajstić information content (AvgIpc) is 1.59. The van der Waals surface area contributed by atoms with Gasteiger partial charge in [-0.25, -0.2) is 5.09 Å². The molecule has 0 aromatic heterocycles. The molecular formula is C3H8Cl2NOP. The van der Waals surface area contributed by atoms with Crippen LogP contribution in [0.15, 0.2) is 0 Å². The van der Waals surface area contributed by atoms with Crippen LogP contribution in [0, 0.1) is 0 Å². The fraction of sp³-hybridized carbons (Fsp3) is 1.00. The molecule has 0 aliphatic rings. The first-order chi connectivity index (χ1) is 3.56. The Kier molecular flexibility index (Phi) is 4.09. The third-order valence-electron chi connectivity index (χ3n) is 0.546. The van der Waals surface area contributed by atoms with Gasteiger partial charge in [-0.15, -0.1) is 0 Å². The van der Waals surface area contributed by atoms with Crippen LogP contribution in [-0.2, 0) is 4.57 Å². The van der Waals surface area contributed by atoms with Crippen molar-refractivity contribution in [2.75, 3.05) is 6.54 Å². The van der Waals surface area contributed by atoms with Crippen molar-refractivity contribution in [2.24, 2.45) is 0 Å². The van der Waals surface area contributed by atoms with Crippen molar-refractivity contribution in [2.45, 2.75) is 13.3 Å². The molecule has 8 heavy (non-hydrogen) atoms. The van der Waals surface area contributed by atoms with Crippen LogP contribution in [0.4, 0.5) is 0 Å². The maximum Gasteiger partial charge on any atom is 0.319 e. The Labute approximate surface area is 58.6 Å². The molecule has 0 unspecified atom stereocenters. The lowest BCUT2D eigenvalue weighted by Gasteiger charge is -2.00. The van der Waals surface area contributed by atoms with Gasteiger partial charge in [0.15, 0.2) is 0 Å². The fourth-order valence-electron chi connectivity index (χ4n) is 0.242. The van der Waals surface area contributed by atoms with Crippen LogP contribution >= 0.6 is 28.5 Å². The Hall–Kier alpha value is 0.770. The van der Waals surface area contributed by atoms with Gasteiger partial charge in [0.1, 0.15) is 0 Å². The molecule has 0 fully saturated rings. The van der Waals surface area contributed by atoms with Crippen molar-refractivity contribution in [1.29, 1.82) is 0 Å². The second-order valence-corrected chi connectivity index (χ2v) is 5.99. The summed E-state index contributed by atoms with van der Waals surface area (Å²) in [4.78, 5) is 0. The number of hydrogen-bond acceptors (Lipinski definition) is 1. The maximum absolute atomic E-state index is 10.4. The number of rotatable bonds is 3. The standard InChI is InChI=1S/C3H8Cl2NOP/c1-2-3-6-8(4,5)7/h2-3H2,1H3,(H,6,7). The van der Waals surface area contributed by atoms with Gasteiger partial charge in [0.2, 0.25) is 0 Å². The first kappa shape index (κ1) is 8.77. The van der Waals surface area contributed by atoms with E-state index >= 15 is 0 Å². The minimum absolute atomic E-state index is 0.601. The third-order valence-corrected chi connectivity index (χ3v) is 1.85. The van der Waals surface area contributed by atoms with E-state index in [1.165, 1.54) is 0 Å². The van der Waals surface area contributed by atoms with Crippen LogP contribution in [0.5, 0.6) is 0 Å². The predicted molar refractivity (Wildman–Crippen MR) is 37.6 cm³/mol. The van der Waals surface area contributed by atoms with E-state index in [1.54, 1.807) is 0 Å². The summed E-state index contributed by atoms with van der Waals surface area (Å²) < 4.78 is 10.4. The molecule has 0 radical (unpaired) electrons. The van der Waals surface area contributed by atoms with Crippen LogP contribution in [0.2, 0.25) is 0 Å². The monoisotopic (exact) mass is 175 g/mol. The van der Waals surface area contributed by atoms with Gasteiger partial charge >= 0.3 is 6.00 Å². The molecular weight excluding hydrogens is 168 g/mol. The van der Waals surface area contributed by atoms with Crippen LogP contribution < -0.4 is 5.09 Å². The van der Waals surface area contributed by atoms with Gasteiger partial charge in [-0.3, -0.25) is 4.57 Å². The second kappa shape index (κ2) is 3.73. The highest BCUT2D eigenvalue weighted by atomic mass is 35.9. The normalized spacial score (nSPS) is 11.9. The van der Waals surface area contributed by atoms with E-state index in [9.17, 15) is 4.57 Å². The first-order valence-corrected chi connectivity index (χ1v) is 5.82. The van der Waals surface area contributed by atoms with Crippen molar-refractivity contribution >= 4 is 28.5 Å². The maximum atomic E-state index is 10.4. The van der Waals surface area contributed by atoms with Gasteiger partial charge in [-0.2, -0.15) is 0 Å². The Morgan fingerprint density at radius 1 is 1.62 bits per heavy atom. The molecule has 1 N–H and O–H groups in total. The van der Waals surface area contributed by atoms with E-state index in [0.717, 1.165) is 6.42 Å². The largest absolute Gasteiger partial charge is 0.319 e. The van der Waals surface area contributed by atoms with Gasteiger partial charge in [-0.05, 0) is 28.9 Å². The third kappa shape index (κ3) is 6.77. The van der Waals surface area contributed by atoms with Crippen molar-refractivity contribution in [1.82, 2.24) is 5.09 Å². The van der Waals surface area contributed by atoms with Crippen LogP contribution in [0.1, 0.15) is 13.3 Å². The number of nitrogens with one attached hydrogen (secondary N) is 1. The average molecular weight is 176 g/mol. The zero-order valence-corrected chi connectivity index (χ0v) is 6.93. The van der Waals surface area contributed by atoms with E-state index < -0.39 is 6.00 Å². The Morgan fingerprint density at radius 3 is 2.25 bits per heavy atom. The molecule has 50 valence electrons. The highest BCUT2D eigenvalue weighted by Gasteiger charge is 2.09. The summed E-state index contributed by atoms with van der Waals surface area (Å²) in [6.45, 7) is 2.54. The molecule has 0 spiro atoms. The summed E-state index contributed by atoms with van der Waals surface area (Å²) in [5, 5.41) is 2.46. The van der Waals surface area contributed by atoms with Crippen LogP contribution in [-0.4, -0.2) is 6.54 Å². The molecule has 2 nitrogen and oxygen atoms in total. The summed E-state index contributed by atoms with van der Waals surface area (Å²) in [6, 6.07) is 0. The highest BCUT2D eigenvalue weighted by Crippen LogP contribution is 2.51. The Balaban J connectivity index is 3.26. The number of hydrogen-bond donors (Lipinski definition) is 1. The highest BCUT2D eigenvalue weighted by molar-refractivity contribution is 8.07. The summed E-state index contributed by atoms with van der Waals surface area (Å²) in [6.07, 6.45) is 0.878. The molecule has 0 heterocycles. The Bertz CT molecular complexity index is 101. The topological polar surface area (TPSA) is 29.1 Å². The lowest BCUT2D eigenvalue weighted by Crippen LogP contribution is -2.03. The van der Waals surface area contributed by atoms with Crippen molar-refractivity contribution in [3.63, 3.8) is 0 Å². The fourth-order valence-corrected chi connectivity index (χ4v) is 1.23. The van der Waals surface area contributed by atoms with Crippen molar-refractivity contribution in [3.05, 3.63) is 0 Å². The molecule has 0 aliphatic carbocycles. The molecule has 0 aromatic carbocycles. The van der Waals surface area contributed by atoms with Crippen molar-refractivity contribution in [3.8, 4) is 0 Å². The second-order valence-electron chi connectivity index (χ2n) is 1.37. The lowest BCUT2D eigenvalue weighted by atomic mass is 10.5. The molecule has 0 rings (SSSR count). The van der Waals surface area contributed by atoms with Crippen LogP contribution in [0.25, 0.3) is 0 Å². The molecule has 0 aliphatic heterocycles. The molecule has 0 atom stereocenters. The van der Waals surface area contributed by atoms with Gasteiger partial charge in [0, 0.05) is 6.54 Å². The minimum Gasteiger partial charge on any atom is -0.271 e. The van der Waals surface area contributed by atoms with Gasteiger partial charge < -0.3 is 0 Å². The predicted octanol–water partition coefficient (Wildman–Crippen LogP) is 2.57. The summed E-state index contributed by atoms with van der Waals surface area (Å²) in [5.74, 6) is -2.99. The van der Waals surface area contributed by atoms with Gasteiger partial charge in [0.25, 0.3) is 0 Å². The van der Waals surface area contributed by atoms with E-state index in [4.69, 9.17) is 22.5 Å². The van der Waals surface area contributed by atoms with Crippen molar-refractivity contribution < 1.29 is 4.57 Å². The summed E-state index contributed by atoms with van der Waals surface area (Å²) in [5.41, 5.74) is 0. The first-order valence-electron chi connectivity index (χ1n) is 2.30. The molecule has 0 saturated carbocycles. The SMILES string of the molecule is CCCNP(=O)(Cl)Cl. The molecule has 0 bridgehead atoms. The minimum atomic E-state index is -2.99.